The van der Waals surface area contributed by atoms with Crippen molar-refractivity contribution in [1.29, 1.82) is 0 Å². The minimum Gasteiger partial charge on any atom is -0.507 e. The SMILES string of the molecule is CCCCCCCCCCCCC(C)c1cc(O)c2c(c1)OC(C)(C)C1=C2C(CCc2ccccc2)NCC1. The second-order valence-corrected chi connectivity index (χ2v) is 12.6. The van der Waals surface area contributed by atoms with Gasteiger partial charge in [-0.1, -0.05) is 108 Å². The van der Waals surface area contributed by atoms with Gasteiger partial charge in [-0.05, 0) is 86.4 Å². The highest BCUT2D eigenvalue weighted by molar-refractivity contribution is 5.84. The molecule has 2 heterocycles. The van der Waals surface area contributed by atoms with Crippen LogP contribution in [0.1, 0.15) is 134 Å². The Morgan fingerprint density at radius 1 is 0.949 bits per heavy atom. The van der Waals surface area contributed by atoms with Crippen molar-refractivity contribution in [2.24, 2.45) is 0 Å². The predicted octanol–water partition coefficient (Wildman–Crippen LogP) is 9.73. The molecular weight excluding hydrogens is 478 g/mol. The van der Waals surface area contributed by atoms with Gasteiger partial charge in [0.15, 0.2) is 0 Å². The summed E-state index contributed by atoms with van der Waals surface area (Å²) in [6.45, 7) is 9.93. The van der Waals surface area contributed by atoms with E-state index in [1.807, 2.05) is 6.07 Å². The highest BCUT2D eigenvalue weighted by Crippen LogP contribution is 2.50. The molecule has 4 rings (SSSR count). The molecule has 0 fully saturated rings. The first-order chi connectivity index (χ1) is 18.9. The highest BCUT2D eigenvalue weighted by Gasteiger charge is 2.40. The number of fused-ring (bicyclic) bond motifs is 2. The summed E-state index contributed by atoms with van der Waals surface area (Å²) in [5.41, 5.74) is 5.73. The Morgan fingerprint density at radius 2 is 1.62 bits per heavy atom. The molecule has 2 N–H and O–H groups in total. The van der Waals surface area contributed by atoms with E-state index in [0.29, 0.717) is 11.7 Å². The van der Waals surface area contributed by atoms with Crippen LogP contribution in [0.3, 0.4) is 0 Å². The number of phenols is 1. The highest BCUT2D eigenvalue weighted by atomic mass is 16.5. The van der Waals surface area contributed by atoms with Crippen molar-refractivity contribution in [2.45, 2.75) is 135 Å². The molecule has 0 radical (unpaired) electrons. The maximum atomic E-state index is 11.4. The van der Waals surface area contributed by atoms with E-state index in [-0.39, 0.29) is 11.6 Å². The maximum absolute atomic E-state index is 11.4. The molecule has 2 unspecified atom stereocenters. The van der Waals surface area contributed by atoms with Gasteiger partial charge in [-0.25, -0.2) is 0 Å². The Kier molecular flexibility index (Phi) is 11.0. The standard InChI is InChI=1S/C36H53NO2/c1-5-6-7-8-9-10-11-12-13-15-18-27(2)29-25-32(38)35-33(26-29)39-36(3,4)30-23-24-37-31(34(30)35)22-21-28-19-16-14-17-20-28/h14,16-17,19-20,25-27,31,37-38H,5-13,15,18,21-24H2,1-4H3. The van der Waals surface area contributed by atoms with Crippen molar-refractivity contribution in [2.75, 3.05) is 6.54 Å². The molecule has 214 valence electrons. The number of nitrogens with one attached hydrogen (secondary N) is 1. The van der Waals surface area contributed by atoms with Gasteiger partial charge >= 0.3 is 0 Å². The van der Waals surface area contributed by atoms with E-state index in [0.717, 1.165) is 43.5 Å². The van der Waals surface area contributed by atoms with Gasteiger partial charge < -0.3 is 15.2 Å². The Labute approximate surface area is 238 Å². The molecule has 0 saturated heterocycles. The summed E-state index contributed by atoms with van der Waals surface area (Å²) in [4.78, 5) is 0. The van der Waals surface area contributed by atoms with Crippen molar-refractivity contribution in [3.8, 4) is 11.5 Å². The molecule has 0 aliphatic carbocycles. The molecule has 0 saturated carbocycles. The summed E-state index contributed by atoms with van der Waals surface area (Å²) < 4.78 is 6.63. The van der Waals surface area contributed by atoms with Crippen LogP contribution in [0, 0.1) is 0 Å². The number of phenolic OH excluding ortho intramolecular Hbond substituents is 1. The monoisotopic (exact) mass is 531 g/mol. The average Bonchev–Trinajstić information content (AvgIpc) is 2.92. The minimum atomic E-state index is -0.361. The van der Waals surface area contributed by atoms with Crippen LogP contribution >= 0.6 is 0 Å². The Balaban J connectivity index is 1.39. The third-order valence-corrected chi connectivity index (χ3v) is 9.03. The van der Waals surface area contributed by atoms with Gasteiger partial charge in [-0.2, -0.15) is 0 Å². The summed E-state index contributed by atoms with van der Waals surface area (Å²) in [7, 11) is 0. The van der Waals surface area contributed by atoms with Crippen LogP contribution < -0.4 is 10.1 Å². The predicted molar refractivity (Wildman–Crippen MR) is 166 cm³/mol. The molecule has 39 heavy (non-hydrogen) atoms. The number of hydrogen-bond donors (Lipinski definition) is 2. The number of rotatable bonds is 15. The molecular formula is C36H53NO2. The molecule has 2 atom stereocenters. The van der Waals surface area contributed by atoms with Crippen molar-refractivity contribution in [1.82, 2.24) is 5.32 Å². The zero-order chi connectivity index (χ0) is 27.7. The van der Waals surface area contributed by atoms with E-state index in [1.165, 1.54) is 86.5 Å². The van der Waals surface area contributed by atoms with Gasteiger partial charge in [0.2, 0.25) is 0 Å². The summed E-state index contributed by atoms with van der Waals surface area (Å²) in [5, 5.41) is 15.2. The molecule has 3 nitrogen and oxygen atoms in total. The second kappa shape index (κ2) is 14.4. The molecule has 2 aliphatic heterocycles. The smallest absolute Gasteiger partial charge is 0.132 e. The van der Waals surface area contributed by atoms with E-state index in [9.17, 15) is 5.11 Å². The molecule has 0 bridgehead atoms. The van der Waals surface area contributed by atoms with E-state index in [2.05, 4.69) is 69.4 Å². The largest absolute Gasteiger partial charge is 0.507 e. The van der Waals surface area contributed by atoms with Gasteiger partial charge in [0.1, 0.15) is 17.1 Å². The van der Waals surface area contributed by atoms with Crippen LogP contribution in [0.4, 0.5) is 0 Å². The lowest BCUT2D eigenvalue weighted by Crippen LogP contribution is -2.45. The first-order valence-electron chi connectivity index (χ1n) is 16.0. The van der Waals surface area contributed by atoms with Crippen LogP contribution in [0.15, 0.2) is 48.0 Å². The number of ether oxygens (including phenoxy) is 1. The van der Waals surface area contributed by atoms with Crippen LogP contribution in [0.5, 0.6) is 11.5 Å². The van der Waals surface area contributed by atoms with Gasteiger partial charge in [-0.3, -0.25) is 0 Å². The molecule has 2 aliphatic rings. The molecule has 2 aromatic carbocycles. The number of unbranched alkanes of at least 4 members (excludes halogenated alkanes) is 9. The average molecular weight is 532 g/mol. The maximum Gasteiger partial charge on any atom is 0.132 e. The summed E-state index contributed by atoms with van der Waals surface area (Å²) in [6, 6.07) is 15.2. The Morgan fingerprint density at radius 3 is 2.31 bits per heavy atom. The number of hydrogen-bond acceptors (Lipinski definition) is 3. The zero-order valence-corrected chi connectivity index (χ0v) is 25.2. The van der Waals surface area contributed by atoms with Crippen molar-refractivity contribution >= 4 is 5.57 Å². The molecule has 0 spiro atoms. The van der Waals surface area contributed by atoms with E-state index in [1.54, 1.807) is 0 Å². The number of aromatic hydroxyl groups is 1. The molecule has 2 aromatic rings. The fraction of sp³-hybridized carbons (Fsp3) is 0.611. The molecule has 3 heteroatoms. The zero-order valence-electron chi connectivity index (χ0n) is 25.2. The first-order valence-corrected chi connectivity index (χ1v) is 16.0. The van der Waals surface area contributed by atoms with Crippen molar-refractivity contribution < 1.29 is 9.84 Å². The number of benzene rings is 2. The lowest BCUT2D eigenvalue weighted by Gasteiger charge is -2.43. The molecule has 0 aromatic heterocycles. The van der Waals surface area contributed by atoms with E-state index >= 15 is 0 Å². The minimum absolute atomic E-state index is 0.219. The third kappa shape index (κ3) is 7.91. The lowest BCUT2D eigenvalue weighted by molar-refractivity contribution is 0.136. The van der Waals surface area contributed by atoms with Gasteiger partial charge in [0.25, 0.3) is 0 Å². The van der Waals surface area contributed by atoms with Crippen LogP contribution in [-0.2, 0) is 6.42 Å². The Bertz CT molecular complexity index is 1070. The Hall–Kier alpha value is -2.26. The number of aryl methyl sites for hydroxylation is 1. The fourth-order valence-corrected chi connectivity index (χ4v) is 6.67. The summed E-state index contributed by atoms with van der Waals surface area (Å²) >= 11 is 0. The molecule has 0 amide bonds. The normalized spacial score (nSPS) is 18.8. The van der Waals surface area contributed by atoms with Crippen LogP contribution in [-0.4, -0.2) is 23.3 Å². The third-order valence-electron chi connectivity index (χ3n) is 9.03. The lowest BCUT2D eigenvalue weighted by atomic mass is 9.77. The van der Waals surface area contributed by atoms with Crippen LogP contribution in [0.25, 0.3) is 5.57 Å². The first kappa shape index (κ1) is 29.7. The topological polar surface area (TPSA) is 41.5 Å². The van der Waals surface area contributed by atoms with Crippen molar-refractivity contribution in [3.05, 3.63) is 64.7 Å². The van der Waals surface area contributed by atoms with Gasteiger partial charge in [0.05, 0.1) is 5.56 Å². The van der Waals surface area contributed by atoms with Crippen molar-refractivity contribution in [3.63, 3.8) is 0 Å². The second-order valence-electron chi connectivity index (χ2n) is 12.6. The van der Waals surface area contributed by atoms with Gasteiger partial charge in [0, 0.05) is 6.04 Å². The van der Waals surface area contributed by atoms with Crippen LogP contribution in [0.2, 0.25) is 0 Å². The summed E-state index contributed by atoms with van der Waals surface area (Å²) in [5.74, 6) is 1.65. The fourth-order valence-electron chi connectivity index (χ4n) is 6.67. The summed E-state index contributed by atoms with van der Waals surface area (Å²) in [6.07, 6.45) is 17.8. The quantitative estimate of drug-likeness (QED) is 0.225. The van der Waals surface area contributed by atoms with Gasteiger partial charge in [-0.15, -0.1) is 0 Å². The van der Waals surface area contributed by atoms with E-state index in [4.69, 9.17) is 4.74 Å². The van der Waals surface area contributed by atoms with E-state index < -0.39 is 0 Å².